The zero-order valence-corrected chi connectivity index (χ0v) is 11.6. The van der Waals surface area contributed by atoms with Crippen LogP contribution in [-0.4, -0.2) is 22.6 Å². The first-order chi connectivity index (χ1) is 7.88. The van der Waals surface area contributed by atoms with E-state index < -0.39 is 0 Å². The van der Waals surface area contributed by atoms with Gasteiger partial charge in [-0.15, -0.1) is 10.2 Å². The molecule has 1 rings (SSSR count). The fraction of sp³-hybridized carbons (Fsp3) is 0.750. The van der Waals surface area contributed by atoms with Gasteiger partial charge in [-0.3, -0.25) is 4.79 Å². The van der Waals surface area contributed by atoms with Crippen molar-refractivity contribution in [1.82, 2.24) is 15.5 Å². The van der Waals surface area contributed by atoms with E-state index in [-0.39, 0.29) is 11.8 Å². The van der Waals surface area contributed by atoms with Crippen LogP contribution in [0.15, 0.2) is 4.42 Å². The van der Waals surface area contributed by atoms with Crippen LogP contribution >= 0.6 is 0 Å². The van der Waals surface area contributed by atoms with Crippen LogP contribution in [0, 0.1) is 12.8 Å². The van der Waals surface area contributed by atoms with Crippen molar-refractivity contribution in [3.05, 3.63) is 11.8 Å². The number of rotatable bonds is 3. The normalized spacial score (nSPS) is 10.1. The average Bonchev–Trinajstić information content (AvgIpc) is 2.66. The molecule has 1 N–H and O–H groups in total. The Morgan fingerprint density at radius 2 is 1.88 bits per heavy atom. The predicted molar refractivity (Wildman–Crippen MR) is 66.6 cm³/mol. The summed E-state index contributed by atoms with van der Waals surface area (Å²) in [7, 11) is 0. The zero-order valence-electron chi connectivity index (χ0n) is 11.6. The number of nitrogens with zero attached hydrogens (tertiary/aromatic N) is 2. The van der Waals surface area contributed by atoms with Crippen LogP contribution in [0.1, 0.15) is 52.3 Å². The van der Waals surface area contributed by atoms with Gasteiger partial charge in [0.2, 0.25) is 17.7 Å². The van der Waals surface area contributed by atoms with Crippen molar-refractivity contribution < 1.29 is 9.21 Å². The maximum atomic E-state index is 10.6. The van der Waals surface area contributed by atoms with Gasteiger partial charge < -0.3 is 9.73 Å². The Labute approximate surface area is 103 Å². The third-order valence-electron chi connectivity index (χ3n) is 1.91. The molecule has 0 saturated heterocycles. The third kappa shape index (κ3) is 6.71. The summed E-state index contributed by atoms with van der Waals surface area (Å²) in [6, 6.07) is 0. The van der Waals surface area contributed by atoms with E-state index in [1.54, 1.807) is 6.92 Å². The van der Waals surface area contributed by atoms with E-state index in [9.17, 15) is 4.79 Å². The number of amides is 1. The van der Waals surface area contributed by atoms with E-state index in [1.165, 1.54) is 0 Å². The van der Waals surface area contributed by atoms with Crippen molar-refractivity contribution in [3.63, 3.8) is 0 Å². The van der Waals surface area contributed by atoms with Gasteiger partial charge in [-0.05, 0) is 6.92 Å². The minimum absolute atomic E-state index is 0.120. The molecule has 0 atom stereocenters. The van der Waals surface area contributed by atoms with Gasteiger partial charge in [-0.1, -0.05) is 27.7 Å². The van der Waals surface area contributed by atoms with Crippen LogP contribution in [0.2, 0.25) is 0 Å². The highest BCUT2D eigenvalue weighted by molar-refractivity contribution is 5.77. The maximum absolute atomic E-state index is 10.6. The summed E-state index contributed by atoms with van der Waals surface area (Å²) >= 11 is 0. The lowest BCUT2D eigenvalue weighted by molar-refractivity contribution is -0.123. The first kappa shape index (κ1) is 15.6. The summed E-state index contributed by atoms with van der Waals surface area (Å²) in [5.41, 5.74) is 0. The zero-order chi connectivity index (χ0) is 13.4. The molecule has 17 heavy (non-hydrogen) atoms. The summed E-state index contributed by atoms with van der Waals surface area (Å²) in [6.45, 7) is 12.2. The fourth-order valence-electron chi connectivity index (χ4n) is 0.924. The maximum Gasteiger partial charge on any atom is 0.222 e. The molecule has 0 bridgehead atoms. The Bertz CT molecular complexity index is 332. The molecular weight excluding hydrogens is 218 g/mol. The number of carbonyl (C=O) groups is 1. The molecule has 1 aromatic rings. The number of aromatic nitrogens is 2. The molecule has 98 valence electrons. The minimum atomic E-state index is 0.120. The molecule has 1 amide bonds. The molecule has 0 unspecified atom stereocenters. The van der Waals surface area contributed by atoms with Gasteiger partial charge >= 0.3 is 0 Å². The standard InChI is InChI=1S/C6H10N2O.C6H13NO/c1-4(2)6-8-7-5(3)9-6;1-4-7-6(8)5(2)3/h4H,1-3H3;5H,4H2,1-3H3,(H,7,8). The highest BCUT2D eigenvalue weighted by Crippen LogP contribution is 2.10. The number of hydrogen-bond acceptors (Lipinski definition) is 4. The van der Waals surface area contributed by atoms with Crippen molar-refractivity contribution in [2.75, 3.05) is 6.54 Å². The van der Waals surface area contributed by atoms with Crippen molar-refractivity contribution in [1.29, 1.82) is 0 Å². The Balaban J connectivity index is 0.000000304. The van der Waals surface area contributed by atoms with Crippen LogP contribution in [-0.2, 0) is 4.79 Å². The smallest absolute Gasteiger partial charge is 0.222 e. The fourth-order valence-corrected chi connectivity index (χ4v) is 0.924. The van der Waals surface area contributed by atoms with Crippen molar-refractivity contribution in [2.24, 2.45) is 5.92 Å². The number of hydrogen-bond donors (Lipinski definition) is 1. The summed E-state index contributed by atoms with van der Waals surface area (Å²) in [6.07, 6.45) is 0. The SMILES string of the molecule is CCNC(=O)C(C)C.Cc1nnc(C(C)C)o1. The summed E-state index contributed by atoms with van der Waals surface area (Å²) in [5.74, 6) is 1.94. The lowest BCUT2D eigenvalue weighted by atomic mass is 10.2. The van der Waals surface area contributed by atoms with Gasteiger partial charge in [0.25, 0.3) is 0 Å². The third-order valence-corrected chi connectivity index (χ3v) is 1.91. The van der Waals surface area contributed by atoms with Crippen molar-refractivity contribution >= 4 is 5.91 Å². The van der Waals surface area contributed by atoms with Crippen molar-refractivity contribution in [3.8, 4) is 0 Å². The van der Waals surface area contributed by atoms with E-state index >= 15 is 0 Å². The highest BCUT2D eigenvalue weighted by atomic mass is 16.4. The van der Waals surface area contributed by atoms with Gasteiger partial charge in [0.05, 0.1) is 0 Å². The quantitative estimate of drug-likeness (QED) is 0.881. The van der Waals surface area contributed by atoms with Crippen LogP contribution in [0.3, 0.4) is 0 Å². The molecule has 0 aliphatic rings. The van der Waals surface area contributed by atoms with E-state index in [0.717, 1.165) is 6.54 Å². The van der Waals surface area contributed by atoms with Crippen LogP contribution in [0.4, 0.5) is 0 Å². The number of aryl methyl sites for hydroxylation is 1. The topological polar surface area (TPSA) is 68.0 Å². The minimum Gasteiger partial charge on any atom is -0.425 e. The Morgan fingerprint density at radius 1 is 1.29 bits per heavy atom. The first-order valence-electron chi connectivity index (χ1n) is 5.96. The summed E-state index contributed by atoms with van der Waals surface area (Å²) in [5, 5.41) is 10.2. The molecule has 0 aliphatic carbocycles. The predicted octanol–water partition coefficient (Wildman–Crippen LogP) is 2.28. The van der Waals surface area contributed by atoms with E-state index in [4.69, 9.17) is 4.42 Å². The Hall–Kier alpha value is -1.39. The van der Waals surface area contributed by atoms with E-state index in [1.807, 2.05) is 34.6 Å². The Kier molecular flexibility index (Phi) is 7.18. The molecule has 1 aromatic heterocycles. The molecule has 0 fully saturated rings. The van der Waals surface area contributed by atoms with E-state index in [0.29, 0.717) is 17.7 Å². The molecular formula is C12H23N3O2. The van der Waals surface area contributed by atoms with Gasteiger partial charge in [-0.2, -0.15) is 0 Å². The summed E-state index contributed by atoms with van der Waals surface area (Å²) < 4.78 is 5.12. The molecule has 5 nitrogen and oxygen atoms in total. The van der Waals surface area contributed by atoms with Crippen LogP contribution in [0.5, 0.6) is 0 Å². The number of nitrogens with one attached hydrogen (secondary N) is 1. The molecule has 5 heteroatoms. The van der Waals surface area contributed by atoms with E-state index in [2.05, 4.69) is 15.5 Å². The van der Waals surface area contributed by atoms with Gasteiger partial charge in [0.1, 0.15) is 0 Å². The second-order valence-corrected chi connectivity index (χ2v) is 4.36. The molecule has 0 saturated carbocycles. The van der Waals surface area contributed by atoms with Crippen LogP contribution < -0.4 is 5.32 Å². The number of carbonyl (C=O) groups excluding carboxylic acids is 1. The molecule has 1 heterocycles. The molecule has 0 spiro atoms. The second kappa shape index (κ2) is 7.81. The largest absolute Gasteiger partial charge is 0.425 e. The van der Waals surface area contributed by atoms with Crippen LogP contribution in [0.25, 0.3) is 0 Å². The van der Waals surface area contributed by atoms with Gasteiger partial charge in [0.15, 0.2) is 0 Å². The molecule has 0 radical (unpaired) electrons. The van der Waals surface area contributed by atoms with Crippen molar-refractivity contribution in [2.45, 2.75) is 47.5 Å². The molecule has 0 aromatic carbocycles. The lowest BCUT2D eigenvalue weighted by Gasteiger charge is -2.02. The summed E-state index contributed by atoms with van der Waals surface area (Å²) in [4.78, 5) is 10.6. The molecule has 0 aliphatic heterocycles. The highest BCUT2D eigenvalue weighted by Gasteiger charge is 2.05. The monoisotopic (exact) mass is 241 g/mol. The Morgan fingerprint density at radius 3 is 2.06 bits per heavy atom. The lowest BCUT2D eigenvalue weighted by Crippen LogP contribution is -2.26. The first-order valence-corrected chi connectivity index (χ1v) is 5.96. The second-order valence-electron chi connectivity index (χ2n) is 4.36. The van der Waals surface area contributed by atoms with Gasteiger partial charge in [-0.25, -0.2) is 0 Å². The average molecular weight is 241 g/mol. The van der Waals surface area contributed by atoms with Gasteiger partial charge in [0, 0.05) is 25.3 Å².